The van der Waals surface area contributed by atoms with E-state index in [1.54, 1.807) is 0 Å². The average molecular weight is 398 g/mol. The molecule has 5 atom stereocenters. The number of ether oxygens (including phenoxy) is 4. The van der Waals surface area contributed by atoms with Gasteiger partial charge in [-0.15, -0.1) is 0 Å². The van der Waals surface area contributed by atoms with Crippen LogP contribution in [0.4, 0.5) is 0 Å². The van der Waals surface area contributed by atoms with Crippen LogP contribution >= 0.6 is 11.8 Å². The monoisotopic (exact) mass is 398 g/mol. The Labute approximate surface area is 161 Å². The van der Waals surface area contributed by atoms with Crippen LogP contribution in [0.1, 0.15) is 20.8 Å². The minimum atomic E-state index is -1.27. The fourth-order valence-corrected chi connectivity index (χ4v) is 3.69. The maximum atomic E-state index is 11.5. The third-order valence-corrected chi connectivity index (χ3v) is 4.83. The summed E-state index contributed by atoms with van der Waals surface area (Å²) in [6.45, 7) is 3.39. The molecule has 1 N–H and O–H groups in total. The van der Waals surface area contributed by atoms with Crippen molar-refractivity contribution in [1.29, 1.82) is 0 Å². The van der Waals surface area contributed by atoms with E-state index in [9.17, 15) is 19.5 Å². The van der Waals surface area contributed by atoms with Crippen molar-refractivity contribution in [2.24, 2.45) is 0 Å². The highest BCUT2D eigenvalue weighted by Crippen LogP contribution is 2.35. The third-order valence-electron chi connectivity index (χ3n) is 3.66. The molecule has 0 bridgehead atoms. The molecule has 0 unspecified atom stereocenters. The fourth-order valence-electron chi connectivity index (χ4n) is 2.62. The van der Waals surface area contributed by atoms with Gasteiger partial charge in [0, 0.05) is 25.7 Å². The first kappa shape index (κ1) is 21.2. The standard InChI is InChI=1S/C18H22O8S/c1-10(19)23-9-14-16(24-11(2)20)17(25-12(3)21)15(22)18(26-14)27-13-7-5-4-6-8-13/h4-8,14-18,22H,9H2,1-3H3/t14-,15-,16+,17-,18+/m1/s1. The molecule has 8 nitrogen and oxygen atoms in total. The Hall–Kier alpha value is -2.10. The van der Waals surface area contributed by atoms with Gasteiger partial charge in [0.2, 0.25) is 0 Å². The van der Waals surface area contributed by atoms with E-state index in [4.69, 9.17) is 18.9 Å². The van der Waals surface area contributed by atoms with Crippen molar-refractivity contribution in [3.8, 4) is 0 Å². The van der Waals surface area contributed by atoms with Crippen LogP contribution in [-0.4, -0.2) is 59.5 Å². The summed E-state index contributed by atoms with van der Waals surface area (Å²) in [5, 5.41) is 10.7. The van der Waals surface area contributed by atoms with Crippen molar-refractivity contribution < 1.29 is 38.4 Å². The predicted octanol–water partition coefficient (Wildman–Crippen LogP) is 1.29. The van der Waals surface area contributed by atoms with Gasteiger partial charge in [-0.25, -0.2) is 0 Å². The van der Waals surface area contributed by atoms with Gasteiger partial charge >= 0.3 is 17.9 Å². The van der Waals surface area contributed by atoms with Crippen molar-refractivity contribution in [1.82, 2.24) is 0 Å². The second-order valence-corrected chi connectivity index (χ2v) is 7.09. The lowest BCUT2D eigenvalue weighted by molar-refractivity contribution is -0.231. The van der Waals surface area contributed by atoms with Gasteiger partial charge in [-0.1, -0.05) is 30.0 Å². The smallest absolute Gasteiger partial charge is 0.303 e. The lowest BCUT2D eigenvalue weighted by Crippen LogP contribution is -2.60. The van der Waals surface area contributed by atoms with Crippen LogP contribution in [0.5, 0.6) is 0 Å². The van der Waals surface area contributed by atoms with E-state index in [1.807, 2.05) is 30.3 Å². The van der Waals surface area contributed by atoms with Crippen LogP contribution < -0.4 is 0 Å². The first-order chi connectivity index (χ1) is 12.8. The second kappa shape index (κ2) is 9.72. The van der Waals surface area contributed by atoms with E-state index >= 15 is 0 Å². The lowest BCUT2D eigenvalue weighted by Gasteiger charge is -2.42. The maximum absolute atomic E-state index is 11.5. The zero-order chi connectivity index (χ0) is 20.0. The molecule has 1 aliphatic rings. The van der Waals surface area contributed by atoms with Crippen LogP contribution in [0.25, 0.3) is 0 Å². The minimum absolute atomic E-state index is 0.219. The van der Waals surface area contributed by atoms with E-state index in [2.05, 4.69) is 0 Å². The Morgan fingerprint density at radius 1 is 1.00 bits per heavy atom. The summed E-state index contributed by atoms with van der Waals surface area (Å²) >= 11 is 1.22. The summed E-state index contributed by atoms with van der Waals surface area (Å²) < 4.78 is 21.3. The highest BCUT2D eigenvalue weighted by molar-refractivity contribution is 7.99. The first-order valence-corrected chi connectivity index (χ1v) is 9.19. The van der Waals surface area contributed by atoms with E-state index in [1.165, 1.54) is 32.5 Å². The van der Waals surface area contributed by atoms with Crippen molar-refractivity contribution in [2.75, 3.05) is 6.61 Å². The zero-order valence-electron chi connectivity index (χ0n) is 15.2. The molecule has 0 amide bonds. The van der Waals surface area contributed by atoms with Crippen molar-refractivity contribution in [2.45, 2.75) is 55.5 Å². The number of esters is 3. The van der Waals surface area contributed by atoms with Crippen LogP contribution in [0.3, 0.4) is 0 Å². The predicted molar refractivity (Wildman–Crippen MR) is 94.7 cm³/mol. The van der Waals surface area contributed by atoms with Gasteiger partial charge in [0.15, 0.2) is 12.2 Å². The van der Waals surface area contributed by atoms with Gasteiger partial charge in [-0.3, -0.25) is 14.4 Å². The number of hydrogen-bond donors (Lipinski definition) is 1. The highest BCUT2D eigenvalue weighted by atomic mass is 32.2. The topological polar surface area (TPSA) is 108 Å². The van der Waals surface area contributed by atoms with Crippen molar-refractivity contribution >= 4 is 29.7 Å². The Kier molecular flexibility index (Phi) is 7.64. The minimum Gasteiger partial charge on any atom is -0.463 e. The number of hydrogen-bond acceptors (Lipinski definition) is 9. The molecule has 0 aliphatic carbocycles. The van der Waals surface area contributed by atoms with Gasteiger partial charge in [0.05, 0.1) is 0 Å². The van der Waals surface area contributed by atoms with Gasteiger partial charge in [-0.05, 0) is 12.1 Å². The number of thioether (sulfide) groups is 1. The molecule has 1 heterocycles. The van der Waals surface area contributed by atoms with Crippen molar-refractivity contribution in [3.05, 3.63) is 30.3 Å². The molecule has 2 rings (SSSR count). The zero-order valence-corrected chi connectivity index (χ0v) is 16.0. The summed E-state index contributed by atoms with van der Waals surface area (Å²) in [6.07, 6.45) is -4.46. The molecule has 9 heteroatoms. The average Bonchev–Trinajstić information content (AvgIpc) is 2.59. The number of carbonyl (C=O) groups is 3. The van der Waals surface area contributed by atoms with Gasteiger partial charge in [-0.2, -0.15) is 0 Å². The summed E-state index contributed by atoms with van der Waals surface area (Å²) in [7, 11) is 0. The molecule has 1 aromatic carbocycles. The third kappa shape index (κ3) is 6.23. The highest BCUT2D eigenvalue weighted by Gasteiger charge is 2.50. The fraction of sp³-hybridized carbons (Fsp3) is 0.500. The molecule has 148 valence electrons. The van der Waals surface area contributed by atoms with Crippen LogP contribution in [0.15, 0.2) is 35.2 Å². The number of rotatable bonds is 6. The summed E-state index contributed by atoms with van der Waals surface area (Å²) in [5.41, 5.74) is -0.830. The largest absolute Gasteiger partial charge is 0.463 e. The maximum Gasteiger partial charge on any atom is 0.303 e. The van der Waals surface area contributed by atoms with Crippen LogP contribution in [0.2, 0.25) is 0 Å². The molecule has 1 aromatic rings. The summed E-state index contributed by atoms with van der Waals surface area (Å²) in [4.78, 5) is 35.0. The quantitative estimate of drug-likeness (QED) is 0.560. The molecular weight excluding hydrogens is 376 g/mol. The molecular formula is C18H22O8S. The summed E-state index contributed by atoms with van der Waals surface area (Å²) in [5.74, 6) is -1.83. The number of aliphatic hydroxyl groups excluding tert-OH is 1. The van der Waals surface area contributed by atoms with E-state index in [0.29, 0.717) is 0 Å². The van der Waals surface area contributed by atoms with E-state index in [0.717, 1.165) is 4.90 Å². The van der Waals surface area contributed by atoms with Crippen LogP contribution in [0, 0.1) is 0 Å². The Bertz CT molecular complexity index is 665. The van der Waals surface area contributed by atoms with E-state index < -0.39 is 47.8 Å². The molecule has 27 heavy (non-hydrogen) atoms. The lowest BCUT2D eigenvalue weighted by atomic mass is 9.99. The number of carbonyl (C=O) groups excluding carboxylic acids is 3. The molecule has 0 spiro atoms. The van der Waals surface area contributed by atoms with Crippen LogP contribution in [-0.2, 0) is 33.3 Å². The van der Waals surface area contributed by atoms with Gasteiger partial charge < -0.3 is 24.1 Å². The molecule has 0 radical (unpaired) electrons. The normalized spacial score (nSPS) is 27.5. The van der Waals surface area contributed by atoms with E-state index in [-0.39, 0.29) is 6.61 Å². The molecule has 1 fully saturated rings. The SMILES string of the molecule is CC(=O)OC[C@H]1O[C@@H](Sc2ccccc2)[C@H](O)[C@@H](OC(C)=O)[C@H]1OC(C)=O. The molecule has 1 aliphatic heterocycles. The Morgan fingerprint density at radius 2 is 1.59 bits per heavy atom. The summed E-state index contributed by atoms with van der Waals surface area (Å²) in [6, 6.07) is 9.18. The second-order valence-electron chi connectivity index (χ2n) is 5.92. The number of benzene rings is 1. The molecule has 0 aromatic heterocycles. The van der Waals surface area contributed by atoms with Gasteiger partial charge in [0.1, 0.15) is 24.3 Å². The first-order valence-electron chi connectivity index (χ1n) is 8.31. The van der Waals surface area contributed by atoms with Gasteiger partial charge in [0.25, 0.3) is 0 Å². The molecule has 0 saturated carbocycles. The number of aliphatic hydroxyl groups is 1. The Morgan fingerprint density at radius 3 is 2.15 bits per heavy atom. The van der Waals surface area contributed by atoms with Crippen molar-refractivity contribution in [3.63, 3.8) is 0 Å². The Balaban J connectivity index is 2.27. The molecule has 1 saturated heterocycles.